The molecule has 0 bridgehead atoms. The number of hydrogen-bond acceptors (Lipinski definition) is 21. The maximum Gasteiger partial charge on any atom is 0.303 e. The van der Waals surface area contributed by atoms with Gasteiger partial charge in [-0.05, 0) is 160 Å². The van der Waals surface area contributed by atoms with E-state index in [0.29, 0.717) is 37.7 Å². The standard InChI is InChI=1S/C71H112N18O20/c1-6-36(2)55-69(108)88-33-13-19-51(88)68(107)89-49-17-8-7-14-41(49)34-52(89)66(105)82-46(26-28-53(73)94)60(99)78-43(15-9-10-30-72)62(101)86-57(39(5)92)70(109)87-32-12-18-50(87)65(104)81-47(27-29-54(95)96)61(100)79-44(16-11-31-76-71(74)75)59(98)80-45(25-22-40-20-23-42(93)24-21-40)63(102)85-56(38(4)91)67(106)77-37(3)58(97)83-48(35-90)64(103)84-55/h20-21,23-24,36-39,41,43-52,55-57,90-93H,6-19,22,25-35,72H2,1-5H3,(H2,73,94)(H,77,106)(H,78,99)(H,79,100)(H,80,98)(H,81,104)(H,82,105)(H,83,97)(H,84,103)(H,85,102)(H,86,101)(H,95,96)(H4,74,75,76)/t36-,37-,38+,39+,41?,43-,44-,45-,46-,47-,48-,49?,50+,51-,52-,55-,56-,57-/m0/s1. The first kappa shape index (κ1) is 88.1. The van der Waals surface area contributed by atoms with Gasteiger partial charge in [-0.25, -0.2) is 0 Å². The molecular weight excluding hydrogens is 1420 g/mol. The lowest BCUT2D eigenvalue weighted by atomic mass is 9.84. The maximum atomic E-state index is 15.4. The first-order valence-electron chi connectivity index (χ1n) is 37.7. The van der Waals surface area contributed by atoms with E-state index in [4.69, 9.17) is 22.6 Å². The summed E-state index contributed by atoms with van der Waals surface area (Å²) in [5, 5.41) is 88.3. The number of benzene rings is 1. The number of primary amides is 1. The van der Waals surface area contributed by atoms with Gasteiger partial charge in [-0.3, -0.25) is 77.3 Å². The van der Waals surface area contributed by atoms with Crippen LogP contribution < -0.4 is 75.7 Å². The fraction of sp³-hybridized carbons (Fsp3) is 0.690. The number of fused-ring (bicyclic) bond motifs is 5. The summed E-state index contributed by atoms with van der Waals surface area (Å²) in [6.07, 6.45) is -2.30. The van der Waals surface area contributed by atoms with Crippen molar-refractivity contribution < 1.29 is 97.5 Å². The van der Waals surface area contributed by atoms with Gasteiger partial charge < -0.3 is 116 Å². The molecule has 18 atom stereocenters. The lowest BCUT2D eigenvalue weighted by Crippen LogP contribution is -2.62. The van der Waals surface area contributed by atoms with Crippen molar-refractivity contribution in [3.05, 3.63) is 29.8 Å². The summed E-state index contributed by atoms with van der Waals surface area (Å²) >= 11 is 0. The van der Waals surface area contributed by atoms with Crippen molar-refractivity contribution >= 4 is 94.6 Å². The minimum atomic E-state index is -1.89. The largest absolute Gasteiger partial charge is 0.508 e. The van der Waals surface area contributed by atoms with E-state index in [1.54, 1.807) is 13.8 Å². The number of carboxylic acids is 1. The first-order valence-corrected chi connectivity index (χ1v) is 37.7. The number of carboxylic acid groups (broad SMARTS) is 1. The third-order valence-corrected chi connectivity index (χ3v) is 20.8. The van der Waals surface area contributed by atoms with Crippen LogP contribution >= 0.6 is 0 Å². The van der Waals surface area contributed by atoms with Crippen molar-refractivity contribution in [3.8, 4) is 5.75 Å². The average Bonchev–Trinajstić information content (AvgIpc) is 1.63. The van der Waals surface area contributed by atoms with E-state index in [-0.39, 0.29) is 108 Å². The fourth-order valence-electron chi connectivity index (χ4n) is 14.5. The highest BCUT2D eigenvalue weighted by Gasteiger charge is 2.52. The third-order valence-electron chi connectivity index (χ3n) is 20.8. The number of carbonyl (C=O) groups is 15. The molecule has 5 fully saturated rings. The Labute approximate surface area is 632 Å². The Morgan fingerprint density at radius 3 is 1.57 bits per heavy atom. The van der Waals surface area contributed by atoms with Gasteiger partial charge in [0.1, 0.15) is 84.3 Å². The van der Waals surface area contributed by atoms with E-state index < -0.39 is 230 Å². The molecule has 1 aromatic rings. The molecule has 0 aromatic heterocycles. The number of aryl methyl sites for hydroxylation is 1. The summed E-state index contributed by atoms with van der Waals surface area (Å²) in [4.78, 5) is 219. The van der Waals surface area contributed by atoms with Gasteiger partial charge in [-0.15, -0.1) is 0 Å². The molecule has 1 saturated carbocycles. The van der Waals surface area contributed by atoms with Crippen molar-refractivity contribution in [2.24, 2.45) is 29.0 Å². The Bertz CT molecular complexity index is 3420. The molecule has 0 spiro atoms. The van der Waals surface area contributed by atoms with Crippen LogP contribution in [0.1, 0.15) is 169 Å². The van der Waals surface area contributed by atoms with E-state index >= 15 is 14.4 Å². The molecule has 0 radical (unpaired) electrons. The molecule has 5 aliphatic rings. The lowest BCUT2D eigenvalue weighted by molar-refractivity contribution is -0.150. The number of nitrogens with zero attached hydrogens (tertiary/aromatic N) is 3. The molecule has 4 saturated heterocycles. The molecule has 1 aliphatic carbocycles. The summed E-state index contributed by atoms with van der Waals surface area (Å²) in [6, 6.07) is -15.2. The Kier molecular flexibility index (Phi) is 34.1. The zero-order valence-corrected chi connectivity index (χ0v) is 62.5. The predicted octanol–water partition coefficient (Wildman–Crippen LogP) is -5.33. The number of rotatable bonds is 22. The minimum Gasteiger partial charge on any atom is -0.508 e. The SMILES string of the molecule is CC[C@H](C)[C@@H]1NC(=O)[C@H](CO)NC(=O)[C@H](C)NC(=O)[C@H]([C@@H](C)O)NC(=O)[C@H](CCc2ccc(O)cc2)NC(=O)[C@H](CCCNC(=N)N)NC(=O)[C@H](CCC(=O)O)NC(=O)[C@H]2CCCN2C(=O)[C@H]([C@@H](C)O)NC(=O)[C@H](CCCCN)NC(=O)[C@H](CCC(N)=O)NC(=O)[C@@H]2CC3CCCCC3N2C(=O)[C@@H]2CCCN2C1=O. The van der Waals surface area contributed by atoms with Gasteiger partial charge in [0.15, 0.2) is 5.96 Å². The number of aliphatic hydroxyl groups excluding tert-OH is 3. The van der Waals surface area contributed by atoms with Crippen molar-refractivity contribution in [2.45, 2.75) is 266 Å². The Balaban J connectivity index is 1.41. The number of aliphatic hydroxyl groups is 3. The van der Waals surface area contributed by atoms with Gasteiger partial charge >= 0.3 is 5.97 Å². The molecule has 4 heterocycles. The lowest BCUT2D eigenvalue weighted by Gasteiger charge is -2.38. The van der Waals surface area contributed by atoms with Crippen LogP contribution in [0.25, 0.3) is 0 Å². The number of carbonyl (C=O) groups excluding carboxylic acids is 14. The third kappa shape index (κ3) is 25.1. The summed E-state index contributed by atoms with van der Waals surface area (Å²) in [5.74, 6) is -16.4. The summed E-state index contributed by atoms with van der Waals surface area (Å²) in [7, 11) is 0. The molecule has 4 aliphatic heterocycles. The molecule has 23 N–H and O–H groups in total. The van der Waals surface area contributed by atoms with Gasteiger partial charge in [0, 0.05) is 38.5 Å². The second-order valence-corrected chi connectivity index (χ2v) is 29.0. The number of phenols is 1. The molecule has 2 unspecified atom stereocenters. The van der Waals surface area contributed by atoms with E-state index in [2.05, 4.69) is 58.5 Å². The van der Waals surface area contributed by atoms with Crippen LogP contribution in [-0.4, -0.2) is 264 Å². The van der Waals surface area contributed by atoms with Crippen LogP contribution in [0.15, 0.2) is 24.3 Å². The number of guanidine groups is 1. The smallest absolute Gasteiger partial charge is 0.303 e. The number of unbranched alkanes of at least 4 members (excludes halogenated alkanes) is 1. The molecular formula is C71H112N18O20. The zero-order chi connectivity index (χ0) is 80.5. The molecule has 1 aromatic carbocycles. The highest BCUT2D eigenvalue weighted by molar-refractivity contribution is 6.01. The average molecular weight is 1540 g/mol. The van der Waals surface area contributed by atoms with Crippen LogP contribution in [0.4, 0.5) is 0 Å². The first-order chi connectivity index (χ1) is 51.7. The molecule has 38 heteroatoms. The fourth-order valence-corrected chi connectivity index (χ4v) is 14.5. The van der Waals surface area contributed by atoms with Crippen molar-refractivity contribution in [2.75, 3.05) is 32.8 Å². The van der Waals surface area contributed by atoms with Gasteiger partial charge in [-0.1, -0.05) is 45.2 Å². The van der Waals surface area contributed by atoms with Crippen molar-refractivity contribution in [1.29, 1.82) is 5.41 Å². The number of hydrogen-bond donors (Lipinski definition) is 20. The van der Waals surface area contributed by atoms with Gasteiger partial charge in [-0.2, -0.15) is 0 Å². The monoisotopic (exact) mass is 1540 g/mol. The Morgan fingerprint density at radius 2 is 1.02 bits per heavy atom. The molecule has 38 nitrogen and oxygen atoms in total. The topological polar surface area (TPSA) is 601 Å². The predicted molar refractivity (Wildman–Crippen MR) is 389 cm³/mol. The van der Waals surface area contributed by atoms with E-state index in [9.17, 15) is 83.1 Å². The number of nitrogens with one attached hydrogen (secondary N) is 12. The normalized spacial score (nSPS) is 29.0. The number of aliphatic carboxylic acids is 1. The highest BCUT2D eigenvalue weighted by atomic mass is 16.4. The van der Waals surface area contributed by atoms with E-state index in [0.717, 1.165) is 18.2 Å². The summed E-state index contributed by atoms with van der Waals surface area (Å²) in [6.45, 7) is 5.82. The number of amides is 14. The van der Waals surface area contributed by atoms with E-state index in [1.807, 2.05) is 0 Å². The maximum absolute atomic E-state index is 15.4. The zero-order valence-electron chi connectivity index (χ0n) is 62.5. The van der Waals surface area contributed by atoms with Gasteiger partial charge in [0.05, 0.1) is 18.8 Å². The van der Waals surface area contributed by atoms with Crippen LogP contribution in [-0.2, 0) is 78.3 Å². The van der Waals surface area contributed by atoms with Crippen LogP contribution in [0.5, 0.6) is 5.75 Å². The Hall–Kier alpha value is -9.82. The minimum absolute atomic E-state index is 0.00429. The van der Waals surface area contributed by atoms with Crippen molar-refractivity contribution in [1.82, 2.24) is 73.2 Å². The van der Waals surface area contributed by atoms with E-state index in [1.165, 1.54) is 47.9 Å². The second kappa shape index (κ2) is 42.2. The number of aromatic hydroxyl groups is 1. The molecule has 606 valence electrons. The molecule has 6 rings (SSSR count). The quantitative estimate of drug-likeness (QED) is 0.0293. The van der Waals surface area contributed by atoms with Crippen LogP contribution in [0.2, 0.25) is 0 Å². The van der Waals surface area contributed by atoms with Crippen LogP contribution in [0, 0.1) is 17.2 Å². The van der Waals surface area contributed by atoms with Crippen LogP contribution in [0.3, 0.4) is 0 Å². The number of nitrogens with two attached hydrogens (primary N) is 3. The van der Waals surface area contributed by atoms with Crippen molar-refractivity contribution in [3.63, 3.8) is 0 Å². The summed E-state index contributed by atoms with van der Waals surface area (Å²) in [5.41, 5.74) is 17.5. The second-order valence-electron chi connectivity index (χ2n) is 29.0. The number of phenolic OH excluding ortho intramolecular Hbond substituents is 1. The Morgan fingerprint density at radius 1 is 0.541 bits per heavy atom. The molecule has 109 heavy (non-hydrogen) atoms. The van der Waals surface area contributed by atoms with Gasteiger partial charge in [0.25, 0.3) is 0 Å². The summed E-state index contributed by atoms with van der Waals surface area (Å²) < 4.78 is 0. The highest BCUT2D eigenvalue weighted by Crippen LogP contribution is 2.41. The molecule has 14 amide bonds. The van der Waals surface area contributed by atoms with Gasteiger partial charge in [0.2, 0.25) is 82.7 Å².